The smallest absolute Gasteiger partial charge is 0.314 e. The molecule has 2 N–H and O–H groups in total. The topological polar surface area (TPSA) is 52.3 Å². The van der Waals surface area contributed by atoms with E-state index >= 15 is 0 Å². The Bertz CT molecular complexity index is 425. The maximum absolute atomic E-state index is 12.1. The van der Waals surface area contributed by atoms with E-state index in [0.717, 1.165) is 51.5 Å². The number of carbonyl (C=O) groups excluding carboxylic acids is 1. The number of unbranched alkanes of at least 4 members (excludes halogenated alkanes) is 1. The molecular weight excluding hydrogens is 250 g/mol. The van der Waals surface area contributed by atoms with E-state index in [9.17, 15) is 4.79 Å². The summed E-state index contributed by atoms with van der Waals surface area (Å²) in [4.78, 5) is 12.1. The van der Waals surface area contributed by atoms with Crippen LogP contribution >= 0.6 is 0 Å². The zero-order valence-corrected chi connectivity index (χ0v) is 12.1. The highest BCUT2D eigenvalue weighted by Crippen LogP contribution is 2.26. The molecule has 0 aromatic heterocycles. The molecule has 0 radical (unpaired) electrons. The summed E-state index contributed by atoms with van der Waals surface area (Å²) in [5.41, 5.74) is 6.72. The number of hydrogen-bond donors (Lipinski definition) is 1. The van der Waals surface area contributed by atoms with Gasteiger partial charge in [-0.2, -0.15) is 0 Å². The number of carbonyl (C=O) groups is 1. The molecule has 1 aromatic rings. The predicted octanol–water partition coefficient (Wildman–Crippen LogP) is 3.45. The lowest BCUT2D eigenvalue weighted by atomic mass is 9.89. The summed E-state index contributed by atoms with van der Waals surface area (Å²) >= 11 is 0. The molecule has 0 saturated heterocycles. The zero-order valence-electron chi connectivity index (χ0n) is 12.1. The first kappa shape index (κ1) is 15.0. The van der Waals surface area contributed by atoms with Gasteiger partial charge in [-0.25, -0.2) is 0 Å². The van der Waals surface area contributed by atoms with Crippen LogP contribution < -0.4 is 10.5 Å². The minimum absolute atomic E-state index is 0.0520. The molecule has 1 aliphatic rings. The standard InChI is InChI=1S/C17H25NO2/c18-12-5-4-7-14-8-6-11-16(13-14)20-17(19)15-9-2-1-3-10-15/h6,8,11,13,15H,1-5,7,9-10,12,18H2. The highest BCUT2D eigenvalue weighted by molar-refractivity contribution is 5.75. The van der Waals surface area contributed by atoms with Gasteiger partial charge in [-0.3, -0.25) is 4.79 Å². The molecule has 0 bridgehead atoms. The van der Waals surface area contributed by atoms with Crippen molar-refractivity contribution in [2.45, 2.75) is 51.4 Å². The number of nitrogens with two attached hydrogens (primary N) is 1. The van der Waals surface area contributed by atoms with E-state index in [4.69, 9.17) is 10.5 Å². The van der Waals surface area contributed by atoms with Gasteiger partial charge in [0.15, 0.2) is 0 Å². The summed E-state index contributed by atoms with van der Waals surface area (Å²) in [6.07, 6.45) is 8.62. The maximum Gasteiger partial charge on any atom is 0.314 e. The number of rotatable bonds is 6. The lowest BCUT2D eigenvalue weighted by Crippen LogP contribution is -2.22. The summed E-state index contributed by atoms with van der Waals surface area (Å²) < 4.78 is 5.54. The second kappa shape index (κ2) is 8.05. The Kier molecular flexibility index (Phi) is 6.06. The summed E-state index contributed by atoms with van der Waals surface area (Å²) in [6, 6.07) is 7.89. The van der Waals surface area contributed by atoms with Gasteiger partial charge in [0.25, 0.3) is 0 Å². The molecule has 20 heavy (non-hydrogen) atoms. The SMILES string of the molecule is NCCCCc1cccc(OC(=O)C2CCCCC2)c1. The van der Waals surface area contributed by atoms with Crippen LogP contribution in [0, 0.1) is 5.92 Å². The van der Waals surface area contributed by atoms with Gasteiger partial charge in [0.2, 0.25) is 0 Å². The normalized spacial score (nSPS) is 16.1. The highest BCUT2D eigenvalue weighted by Gasteiger charge is 2.22. The van der Waals surface area contributed by atoms with Crippen molar-refractivity contribution in [2.75, 3.05) is 6.54 Å². The van der Waals surface area contributed by atoms with Crippen molar-refractivity contribution in [3.8, 4) is 5.75 Å². The van der Waals surface area contributed by atoms with Crippen LogP contribution in [0.15, 0.2) is 24.3 Å². The number of esters is 1. The molecule has 1 fully saturated rings. The van der Waals surface area contributed by atoms with Crippen LogP contribution in [0.25, 0.3) is 0 Å². The Morgan fingerprint density at radius 3 is 2.75 bits per heavy atom. The van der Waals surface area contributed by atoms with Gasteiger partial charge >= 0.3 is 5.97 Å². The van der Waals surface area contributed by atoms with Crippen LogP contribution in [-0.2, 0) is 11.2 Å². The predicted molar refractivity (Wildman–Crippen MR) is 80.6 cm³/mol. The Balaban J connectivity index is 1.88. The van der Waals surface area contributed by atoms with E-state index in [0.29, 0.717) is 5.75 Å². The van der Waals surface area contributed by atoms with E-state index in [2.05, 4.69) is 6.07 Å². The number of ether oxygens (including phenoxy) is 1. The average Bonchev–Trinajstić information content (AvgIpc) is 2.49. The quantitative estimate of drug-likeness (QED) is 0.491. The zero-order chi connectivity index (χ0) is 14.2. The summed E-state index contributed by atoms with van der Waals surface area (Å²) in [6.45, 7) is 0.732. The van der Waals surface area contributed by atoms with Crippen LogP contribution in [-0.4, -0.2) is 12.5 Å². The molecule has 0 heterocycles. The number of aryl methyl sites for hydroxylation is 1. The maximum atomic E-state index is 12.1. The number of benzene rings is 1. The Hall–Kier alpha value is -1.35. The monoisotopic (exact) mass is 275 g/mol. The van der Waals surface area contributed by atoms with E-state index in [1.165, 1.54) is 12.0 Å². The second-order valence-corrected chi connectivity index (χ2v) is 5.65. The number of hydrogen-bond acceptors (Lipinski definition) is 3. The minimum atomic E-state index is -0.0520. The van der Waals surface area contributed by atoms with Crippen LogP contribution in [0.1, 0.15) is 50.5 Å². The van der Waals surface area contributed by atoms with Gasteiger partial charge in [0.1, 0.15) is 5.75 Å². The summed E-state index contributed by atoms with van der Waals surface area (Å²) in [5.74, 6) is 0.735. The molecule has 1 aliphatic carbocycles. The molecule has 0 unspecified atom stereocenters. The van der Waals surface area contributed by atoms with Gasteiger partial charge in [0, 0.05) is 0 Å². The minimum Gasteiger partial charge on any atom is -0.426 e. The van der Waals surface area contributed by atoms with E-state index < -0.39 is 0 Å². The van der Waals surface area contributed by atoms with Crippen molar-refractivity contribution < 1.29 is 9.53 Å². The van der Waals surface area contributed by atoms with Gasteiger partial charge in [-0.15, -0.1) is 0 Å². The fourth-order valence-electron chi connectivity index (χ4n) is 2.78. The fourth-order valence-corrected chi connectivity index (χ4v) is 2.78. The van der Waals surface area contributed by atoms with Crippen molar-refractivity contribution in [1.29, 1.82) is 0 Å². The molecule has 2 rings (SSSR count). The molecule has 1 aromatic carbocycles. The molecule has 0 amide bonds. The second-order valence-electron chi connectivity index (χ2n) is 5.65. The van der Waals surface area contributed by atoms with Gasteiger partial charge in [-0.05, 0) is 56.3 Å². The third-order valence-electron chi connectivity index (χ3n) is 3.97. The first-order valence-corrected chi connectivity index (χ1v) is 7.80. The third-order valence-corrected chi connectivity index (χ3v) is 3.97. The van der Waals surface area contributed by atoms with Gasteiger partial charge in [-0.1, -0.05) is 31.4 Å². The van der Waals surface area contributed by atoms with Crippen LogP contribution in [0.2, 0.25) is 0 Å². The largest absolute Gasteiger partial charge is 0.426 e. The third kappa shape index (κ3) is 4.64. The van der Waals surface area contributed by atoms with Crippen LogP contribution in [0.3, 0.4) is 0 Å². The summed E-state index contributed by atoms with van der Waals surface area (Å²) in [5, 5.41) is 0. The Morgan fingerprint density at radius 1 is 1.20 bits per heavy atom. The molecule has 1 saturated carbocycles. The molecule has 0 spiro atoms. The Labute approximate surface area is 121 Å². The van der Waals surface area contributed by atoms with Crippen molar-refractivity contribution in [3.63, 3.8) is 0 Å². The fraction of sp³-hybridized carbons (Fsp3) is 0.588. The van der Waals surface area contributed by atoms with Gasteiger partial charge < -0.3 is 10.5 Å². The molecular formula is C17H25NO2. The van der Waals surface area contributed by atoms with Crippen molar-refractivity contribution in [2.24, 2.45) is 11.7 Å². The highest BCUT2D eigenvalue weighted by atomic mass is 16.5. The molecule has 110 valence electrons. The van der Waals surface area contributed by atoms with Crippen LogP contribution in [0.4, 0.5) is 0 Å². The van der Waals surface area contributed by atoms with Crippen molar-refractivity contribution >= 4 is 5.97 Å². The first-order valence-electron chi connectivity index (χ1n) is 7.80. The Morgan fingerprint density at radius 2 is 2.00 bits per heavy atom. The lowest BCUT2D eigenvalue weighted by molar-refractivity contribution is -0.139. The van der Waals surface area contributed by atoms with Crippen LogP contribution in [0.5, 0.6) is 5.75 Å². The van der Waals surface area contributed by atoms with E-state index in [1.807, 2.05) is 18.2 Å². The average molecular weight is 275 g/mol. The van der Waals surface area contributed by atoms with Gasteiger partial charge in [0.05, 0.1) is 5.92 Å². The van der Waals surface area contributed by atoms with Crippen molar-refractivity contribution in [1.82, 2.24) is 0 Å². The van der Waals surface area contributed by atoms with E-state index in [1.54, 1.807) is 0 Å². The van der Waals surface area contributed by atoms with E-state index in [-0.39, 0.29) is 11.9 Å². The summed E-state index contributed by atoms with van der Waals surface area (Å²) in [7, 11) is 0. The molecule has 3 heteroatoms. The molecule has 0 aliphatic heterocycles. The van der Waals surface area contributed by atoms with Crippen molar-refractivity contribution in [3.05, 3.63) is 29.8 Å². The molecule has 3 nitrogen and oxygen atoms in total. The lowest BCUT2D eigenvalue weighted by Gasteiger charge is -2.19. The molecule has 0 atom stereocenters. The first-order chi connectivity index (χ1) is 9.79.